The number of nitrogens with one attached hydrogen (secondary N) is 2. The van der Waals surface area contributed by atoms with Crippen LogP contribution < -0.4 is 10.0 Å². The second-order valence-electron chi connectivity index (χ2n) is 5.66. The molecule has 5 nitrogen and oxygen atoms in total. The average molecular weight is 431 g/mol. The first-order valence-corrected chi connectivity index (χ1v) is 9.53. The molecule has 0 aliphatic rings. The number of thiocarbonyl (C=S) groups is 1. The largest absolute Gasteiger partial charge is 0.417 e. The highest BCUT2D eigenvalue weighted by Gasteiger charge is 2.34. The molecular weight excluding hydrogens is 418 g/mol. The third-order valence-electron chi connectivity index (χ3n) is 3.56. The lowest BCUT2D eigenvalue weighted by molar-refractivity contribution is -0.137. The molecule has 0 heterocycles. The van der Waals surface area contributed by atoms with Crippen molar-refractivity contribution in [3.63, 3.8) is 0 Å². The van der Waals surface area contributed by atoms with Crippen molar-refractivity contribution in [3.05, 3.63) is 59.4 Å². The maximum atomic E-state index is 13.0. The van der Waals surface area contributed by atoms with Crippen LogP contribution in [0, 0.1) is 17.1 Å². The van der Waals surface area contributed by atoms with E-state index in [9.17, 15) is 26.0 Å². The molecule has 2 aromatic carbocycles. The third-order valence-corrected chi connectivity index (χ3v) is 5.57. The zero-order valence-electron chi connectivity index (χ0n) is 14.2. The summed E-state index contributed by atoms with van der Waals surface area (Å²) in [7, 11) is -4.02. The molecule has 0 aliphatic carbocycles. The number of nitrogens with zero attached hydrogens (tertiary/aromatic N) is 1. The Morgan fingerprint density at radius 3 is 2.32 bits per heavy atom. The van der Waals surface area contributed by atoms with Crippen molar-refractivity contribution < 1.29 is 26.0 Å². The van der Waals surface area contributed by atoms with Crippen molar-refractivity contribution in [2.75, 3.05) is 5.32 Å². The second kappa shape index (κ2) is 8.22. The fourth-order valence-electron chi connectivity index (χ4n) is 2.17. The van der Waals surface area contributed by atoms with Crippen LogP contribution in [0.25, 0.3) is 0 Å². The van der Waals surface area contributed by atoms with Gasteiger partial charge in [0.05, 0.1) is 33.1 Å². The summed E-state index contributed by atoms with van der Waals surface area (Å²) in [6.45, 7) is 1.39. The molecule has 0 spiro atoms. The number of alkyl halides is 3. The number of nitriles is 1. The van der Waals surface area contributed by atoms with Crippen molar-refractivity contribution >= 4 is 32.9 Å². The number of halogens is 4. The van der Waals surface area contributed by atoms with Crippen molar-refractivity contribution in [1.29, 1.82) is 5.26 Å². The van der Waals surface area contributed by atoms with Crippen molar-refractivity contribution in [3.8, 4) is 6.07 Å². The van der Waals surface area contributed by atoms with Gasteiger partial charge in [-0.3, -0.25) is 0 Å². The zero-order chi connectivity index (χ0) is 21.1. The molecule has 148 valence electrons. The van der Waals surface area contributed by atoms with Gasteiger partial charge in [-0.25, -0.2) is 17.5 Å². The van der Waals surface area contributed by atoms with E-state index in [1.165, 1.54) is 19.1 Å². The highest BCUT2D eigenvalue weighted by atomic mass is 32.2. The Hall–Kier alpha value is -2.55. The molecular formula is C17H13F4N3O2S2. The SMILES string of the molecule is CC(NS(=O)(=O)c1ccc(F)cc1)C(=S)Nc1ccc(C#N)c(C(F)(F)F)c1. The molecule has 11 heteroatoms. The number of hydrogen-bond acceptors (Lipinski definition) is 4. The van der Waals surface area contributed by atoms with Gasteiger partial charge in [-0.1, -0.05) is 12.2 Å². The van der Waals surface area contributed by atoms with Gasteiger partial charge in [0.15, 0.2) is 0 Å². The predicted molar refractivity (Wildman–Crippen MR) is 98.6 cm³/mol. The molecule has 0 fully saturated rings. The first-order valence-electron chi connectivity index (χ1n) is 7.64. The Bertz CT molecular complexity index is 1030. The molecule has 0 aliphatic heterocycles. The zero-order valence-corrected chi connectivity index (χ0v) is 15.8. The fraction of sp³-hybridized carbons (Fsp3) is 0.176. The minimum atomic E-state index is -4.74. The van der Waals surface area contributed by atoms with Crippen LogP contribution in [0.4, 0.5) is 23.2 Å². The topological polar surface area (TPSA) is 82.0 Å². The number of hydrogen-bond donors (Lipinski definition) is 2. The highest BCUT2D eigenvalue weighted by molar-refractivity contribution is 7.89. The summed E-state index contributed by atoms with van der Waals surface area (Å²) in [4.78, 5) is -0.287. The van der Waals surface area contributed by atoms with Crippen molar-refractivity contribution in [1.82, 2.24) is 4.72 Å². The molecule has 1 unspecified atom stereocenters. The Morgan fingerprint density at radius 2 is 1.79 bits per heavy atom. The summed E-state index contributed by atoms with van der Waals surface area (Å²) in [5, 5.41) is 11.3. The number of anilines is 1. The predicted octanol–water partition coefficient (Wildman–Crippen LogP) is 3.82. The van der Waals surface area contributed by atoms with Gasteiger partial charge >= 0.3 is 6.18 Å². The Labute approximate surface area is 164 Å². The number of sulfonamides is 1. The molecule has 2 aromatic rings. The fourth-order valence-corrected chi connectivity index (χ4v) is 3.64. The van der Waals surface area contributed by atoms with Gasteiger partial charge < -0.3 is 5.32 Å². The van der Waals surface area contributed by atoms with E-state index in [4.69, 9.17) is 17.5 Å². The summed E-state index contributed by atoms with van der Waals surface area (Å²) in [6, 6.07) is 7.50. The van der Waals surface area contributed by atoms with Crippen LogP contribution in [-0.4, -0.2) is 19.4 Å². The molecule has 0 radical (unpaired) electrons. The maximum absolute atomic E-state index is 13.0. The van der Waals surface area contributed by atoms with E-state index in [2.05, 4.69) is 10.0 Å². The summed E-state index contributed by atoms with van der Waals surface area (Å²) >= 11 is 5.05. The summed E-state index contributed by atoms with van der Waals surface area (Å²) in [5.74, 6) is -0.606. The Kier molecular flexibility index (Phi) is 6.38. The molecule has 28 heavy (non-hydrogen) atoms. The summed E-state index contributed by atoms with van der Waals surface area (Å²) in [6.07, 6.45) is -4.74. The minimum Gasteiger partial charge on any atom is -0.349 e. The van der Waals surface area contributed by atoms with E-state index in [1.54, 1.807) is 0 Å². The Morgan fingerprint density at radius 1 is 1.18 bits per heavy atom. The van der Waals surface area contributed by atoms with Crippen LogP contribution in [0.5, 0.6) is 0 Å². The average Bonchev–Trinajstić information content (AvgIpc) is 2.60. The first-order chi connectivity index (χ1) is 12.9. The van der Waals surface area contributed by atoms with Gasteiger partial charge in [-0.05, 0) is 49.4 Å². The molecule has 0 saturated heterocycles. The van der Waals surface area contributed by atoms with E-state index < -0.39 is 39.2 Å². The van der Waals surface area contributed by atoms with Gasteiger partial charge in [-0.15, -0.1) is 0 Å². The molecule has 0 saturated carbocycles. The minimum absolute atomic E-state index is 0.0517. The van der Waals surface area contributed by atoms with E-state index in [1.807, 2.05) is 0 Å². The van der Waals surface area contributed by atoms with Crippen molar-refractivity contribution in [2.24, 2.45) is 0 Å². The van der Waals surface area contributed by atoms with Crippen LogP contribution in [0.3, 0.4) is 0 Å². The van der Waals surface area contributed by atoms with E-state index in [0.29, 0.717) is 6.07 Å². The van der Waals surface area contributed by atoms with Crippen LogP contribution >= 0.6 is 12.2 Å². The smallest absolute Gasteiger partial charge is 0.349 e. The molecule has 2 rings (SSSR count). The Balaban J connectivity index is 2.16. The lowest BCUT2D eigenvalue weighted by Crippen LogP contribution is -2.40. The first kappa shape index (κ1) is 21.7. The van der Waals surface area contributed by atoms with Crippen molar-refractivity contribution in [2.45, 2.75) is 24.0 Å². The second-order valence-corrected chi connectivity index (χ2v) is 7.81. The highest BCUT2D eigenvalue weighted by Crippen LogP contribution is 2.33. The quantitative estimate of drug-likeness (QED) is 0.556. The van der Waals surface area contributed by atoms with Gasteiger partial charge in [0.1, 0.15) is 5.82 Å². The lowest BCUT2D eigenvalue weighted by Gasteiger charge is -2.18. The van der Waals surface area contributed by atoms with E-state index >= 15 is 0 Å². The maximum Gasteiger partial charge on any atom is 0.417 e. The summed E-state index contributed by atoms with van der Waals surface area (Å²) < 4.78 is 78.8. The monoisotopic (exact) mass is 431 g/mol. The molecule has 0 amide bonds. The molecule has 2 N–H and O–H groups in total. The van der Waals surface area contributed by atoms with Crippen LogP contribution in [-0.2, 0) is 16.2 Å². The number of rotatable bonds is 5. The standard InChI is InChI=1S/C17H13F4N3O2S2/c1-10(24-28(25,26)14-6-3-12(18)4-7-14)16(27)23-13-5-2-11(9-22)15(8-13)17(19,20)21/h2-8,10,24H,1H3,(H,23,27). The van der Waals surface area contributed by atoms with Gasteiger partial charge in [0.25, 0.3) is 0 Å². The molecule has 1 atom stereocenters. The molecule has 0 aromatic heterocycles. The van der Waals surface area contributed by atoms with Gasteiger partial charge in [-0.2, -0.15) is 18.4 Å². The van der Waals surface area contributed by atoms with E-state index in [0.717, 1.165) is 30.3 Å². The van der Waals surface area contributed by atoms with Gasteiger partial charge in [0, 0.05) is 5.69 Å². The summed E-state index contributed by atoms with van der Waals surface area (Å²) in [5.41, 5.74) is -1.74. The van der Waals surface area contributed by atoms with Crippen LogP contribution in [0.1, 0.15) is 18.1 Å². The number of benzene rings is 2. The lowest BCUT2D eigenvalue weighted by atomic mass is 10.1. The van der Waals surface area contributed by atoms with Crippen LogP contribution in [0.15, 0.2) is 47.4 Å². The molecule has 0 bridgehead atoms. The third kappa shape index (κ3) is 5.25. The van der Waals surface area contributed by atoms with Gasteiger partial charge in [0.2, 0.25) is 10.0 Å². The van der Waals surface area contributed by atoms with E-state index in [-0.39, 0.29) is 15.6 Å². The normalized spacial score (nSPS) is 12.9. The van der Waals surface area contributed by atoms with Crippen LogP contribution in [0.2, 0.25) is 0 Å².